The topological polar surface area (TPSA) is 182 Å². The Bertz CT molecular complexity index is 1480. The van der Waals surface area contributed by atoms with Crippen LogP contribution in [0.2, 0.25) is 0 Å². The quantitative estimate of drug-likeness (QED) is 0.311. The van der Waals surface area contributed by atoms with E-state index in [1.807, 2.05) is 0 Å². The van der Waals surface area contributed by atoms with Gasteiger partial charge in [-0.05, 0) is 31.9 Å². The third-order valence-corrected chi connectivity index (χ3v) is 6.10. The molecule has 0 unspecified atom stereocenters. The van der Waals surface area contributed by atoms with Gasteiger partial charge in [0.2, 0.25) is 5.82 Å². The van der Waals surface area contributed by atoms with Crippen LogP contribution in [0.1, 0.15) is 42.0 Å². The van der Waals surface area contributed by atoms with Crippen molar-refractivity contribution < 1.29 is 37.7 Å². The monoisotopic (exact) mass is 562 g/mol. The molecule has 16 heteroatoms. The van der Waals surface area contributed by atoms with Crippen LogP contribution in [-0.2, 0) is 15.7 Å². The number of amides is 2. The van der Waals surface area contributed by atoms with E-state index in [0.29, 0.717) is 0 Å². The predicted molar refractivity (Wildman–Crippen MR) is 132 cm³/mol. The van der Waals surface area contributed by atoms with Crippen LogP contribution in [-0.4, -0.2) is 89.4 Å². The minimum atomic E-state index is -4.63. The molecule has 40 heavy (non-hydrogen) atoms. The number of pyridine rings is 1. The van der Waals surface area contributed by atoms with Crippen LogP contribution in [0, 0.1) is 11.8 Å². The molecule has 5 N–H and O–H groups in total. The highest BCUT2D eigenvalue weighted by Crippen LogP contribution is 2.32. The summed E-state index contributed by atoms with van der Waals surface area (Å²) >= 11 is 0. The van der Waals surface area contributed by atoms with E-state index in [4.69, 9.17) is 10.5 Å². The number of fused-ring (bicyclic) bond motifs is 1. The minimum Gasteiger partial charge on any atom is -0.387 e. The predicted octanol–water partition coefficient (Wildman–Crippen LogP) is 0.0898. The molecule has 1 saturated heterocycles. The van der Waals surface area contributed by atoms with Crippen molar-refractivity contribution in [1.29, 1.82) is 0 Å². The molecule has 0 aromatic carbocycles. The summed E-state index contributed by atoms with van der Waals surface area (Å²) in [6.07, 6.45) is -8.06. The van der Waals surface area contributed by atoms with Gasteiger partial charge in [0.25, 0.3) is 11.8 Å². The molecule has 1 aliphatic rings. The number of aliphatic hydroxyl groups excluding tert-OH is 2. The smallest absolute Gasteiger partial charge is 0.387 e. The number of hydrogen-bond acceptors (Lipinski definition) is 10. The summed E-state index contributed by atoms with van der Waals surface area (Å²) in [5.74, 6) is 4.15. The fourth-order valence-electron chi connectivity index (χ4n) is 3.98. The Morgan fingerprint density at radius 1 is 1.23 bits per heavy atom. The minimum absolute atomic E-state index is 0.0401. The molecule has 0 bridgehead atoms. The van der Waals surface area contributed by atoms with Crippen molar-refractivity contribution in [2.45, 2.75) is 50.6 Å². The molecule has 0 spiro atoms. The zero-order valence-electron chi connectivity index (χ0n) is 21.4. The summed E-state index contributed by atoms with van der Waals surface area (Å²) < 4.78 is 45.3. The molecular weight excluding hydrogens is 537 g/mol. The second-order valence-electron chi connectivity index (χ2n) is 9.06. The summed E-state index contributed by atoms with van der Waals surface area (Å²) in [6.45, 7) is 3.30. The number of ether oxygens (including phenoxy) is 1. The zero-order chi connectivity index (χ0) is 29.4. The van der Waals surface area contributed by atoms with Gasteiger partial charge in [0.05, 0.1) is 18.4 Å². The number of imidazole rings is 1. The van der Waals surface area contributed by atoms with E-state index in [9.17, 15) is 33.0 Å². The molecule has 3 aromatic rings. The summed E-state index contributed by atoms with van der Waals surface area (Å²) in [6, 6.07) is 1.41. The standard InChI is InChI=1S/C24H25F3N8O5/c1-11(2)34(22(39)12-6-7-13(30-9-12)24(25,26)27)8-4-5-14-32-19(28)15-20(33-14)35(10-31-15)23-17(37)16(36)18(40-23)21(38)29-3/h6-7,9-11,16-18,23,36-37H,8H2,1-3H3,(H,29,38)(H2,28,32,33)/t16-,17+,18-,23+/m0/s1. The molecule has 3 aromatic heterocycles. The first-order valence-electron chi connectivity index (χ1n) is 11.9. The Kier molecular flexibility index (Phi) is 7.91. The first-order valence-corrected chi connectivity index (χ1v) is 11.9. The van der Waals surface area contributed by atoms with Crippen molar-refractivity contribution in [3.63, 3.8) is 0 Å². The van der Waals surface area contributed by atoms with E-state index in [1.54, 1.807) is 13.8 Å². The van der Waals surface area contributed by atoms with E-state index in [-0.39, 0.29) is 41.0 Å². The first-order chi connectivity index (χ1) is 18.8. The lowest BCUT2D eigenvalue weighted by Gasteiger charge is -2.24. The third kappa shape index (κ3) is 5.52. The number of rotatable bonds is 5. The summed E-state index contributed by atoms with van der Waals surface area (Å²) in [4.78, 5) is 42.1. The molecule has 2 amide bonds. The normalized spacial score (nSPS) is 20.8. The Hall–Kier alpha value is -4.33. The van der Waals surface area contributed by atoms with Gasteiger partial charge in [0, 0.05) is 19.3 Å². The highest BCUT2D eigenvalue weighted by Gasteiger charge is 2.47. The molecule has 212 valence electrons. The lowest BCUT2D eigenvalue weighted by molar-refractivity contribution is -0.141. The average Bonchev–Trinajstić information content (AvgIpc) is 3.46. The van der Waals surface area contributed by atoms with Gasteiger partial charge < -0.3 is 30.9 Å². The Labute approximate surface area is 225 Å². The number of nitrogens with one attached hydrogen (secondary N) is 1. The van der Waals surface area contributed by atoms with Crippen molar-refractivity contribution in [3.05, 3.63) is 41.7 Å². The Morgan fingerprint density at radius 3 is 2.55 bits per heavy atom. The van der Waals surface area contributed by atoms with E-state index < -0.39 is 48.2 Å². The molecule has 1 aliphatic heterocycles. The molecule has 13 nitrogen and oxygen atoms in total. The zero-order valence-corrected chi connectivity index (χ0v) is 21.4. The molecular formula is C24H25F3N8O5. The number of nitrogens with zero attached hydrogens (tertiary/aromatic N) is 6. The van der Waals surface area contributed by atoms with Crippen LogP contribution in [0.25, 0.3) is 11.2 Å². The summed E-state index contributed by atoms with van der Waals surface area (Å²) in [7, 11) is 1.36. The summed E-state index contributed by atoms with van der Waals surface area (Å²) in [5, 5.41) is 23.1. The van der Waals surface area contributed by atoms with Gasteiger partial charge in [-0.1, -0.05) is 5.92 Å². The van der Waals surface area contributed by atoms with Gasteiger partial charge in [0.1, 0.15) is 23.4 Å². The van der Waals surface area contributed by atoms with E-state index in [0.717, 1.165) is 18.3 Å². The highest BCUT2D eigenvalue weighted by molar-refractivity contribution is 5.94. The number of aliphatic hydroxyl groups is 2. The SMILES string of the molecule is CNC(=O)[C@H]1O[C@@H](n2cnc3c(N)nc(C#CCN(C(=O)c4ccc(C(F)(F)F)nc4)C(C)C)nc32)[C@H](O)[C@@H]1O. The van der Waals surface area contributed by atoms with Gasteiger partial charge in [0.15, 0.2) is 23.8 Å². The second-order valence-corrected chi connectivity index (χ2v) is 9.06. The number of alkyl halides is 3. The first kappa shape index (κ1) is 28.7. The van der Waals surface area contributed by atoms with Crippen LogP contribution < -0.4 is 11.1 Å². The number of nitrogens with two attached hydrogens (primary N) is 1. The number of likely N-dealkylation sites (N-methyl/N-ethyl adjacent to an activating group) is 1. The van der Waals surface area contributed by atoms with Crippen LogP contribution in [0.5, 0.6) is 0 Å². The van der Waals surface area contributed by atoms with E-state index in [2.05, 4.69) is 37.1 Å². The number of carbonyl (C=O) groups excluding carboxylic acids is 2. The van der Waals surface area contributed by atoms with Crippen molar-refractivity contribution in [1.82, 2.24) is 34.7 Å². The third-order valence-electron chi connectivity index (χ3n) is 6.10. The number of hydrogen-bond donors (Lipinski definition) is 4. The van der Waals surface area contributed by atoms with Gasteiger partial charge in [-0.25, -0.2) is 15.0 Å². The second kappa shape index (κ2) is 11.0. The molecule has 0 saturated carbocycles. The number of carbonyl (C=O) groups is 2. The fraction of sp³-hybridized carbons (Fsp3) is 0.417. The molecule has 4 atom stereocenters. The van der Waals surface area contributed by atoms with Gasteiger partial charge >= 0.3 is 6.18 Å². The fourth-order valence-corrected chi connectivity index (χ4v) is 3.98. The van der Waals surface area contributed by atoms with Gasteiger partial charge in [-0.2, -0.15) is 13.2 Å². The molecule has 0 radical (unpaired) electrons. The molecule has 4 heterocycles. The van der Waals surface area contributed by atoms with E-state index in [1.165, 1.54) is 22.8 Å². The Balaban J connectivity index is 1.57. The average molecular weight is 563 g/mol. The highest BCUT2D eigenvalue weighted by atomic mass is 19.4. The van der Waals surface area contributed by atoms with Gasteiger partial charge in [-0.3, -0.25) is 19.1 Å². The lowest BCUT2D eigenvalue weighted by atomic mass is 10.1. The van der Waals surface area contributed by atoms with Gasteiger partial charge in [-0.15, -0.1) is 0 Å². The van der Waals surface area contributed by atoms with Crippen molar-refractivity contribution in [3.8, 4) is 11.8 Å². The largest absolute Gasteiger partial charge is 0.433 e. The van der Waals surface area contributed by atoms with Crippen LogP contribution in [0.3, 0.4) is 0 Å². The lowest BCUT2D eigenvalue weighted by Crippen LogP contribution is -2.41. The van der Waals surface area contributed by atoms with Crippen molar-refractivity contribution >= 4 is 28.8 Å². The maximum atomic E-state index is 12.9. The number of nitrogen functional groups attached to an aromatic ring is 1. The van der Waals surface area contributed by atoms with Crippen LogP contribution in [0.15, 0.2) is 24.7 Å². The number of halogens is 3. The number of anilines is 1. The van der Waals surface area contributed by atoms with Crippen LogP contribution >= 0.6 is 0 Å². The molecule has 1 fully saturated rings. The van der Waals surface area contributed by atoms with Crippen LogP contribution in [0.4, 0.5) is 19.0 Å². The molecule has 0 aliphatic carbocycles. The Morgan fingerprint density at radius 2 is 1.95 bits per heavy atom. The van der Waals surface area contributed by atoms with Crippen molar-refractivity contribution in [2.75, 3.05) is 19.3 Å². The maximum absolute atomic E-state index is 12.9. The summed E-state index contributed by atoms with van der Waals surface area (Å²) in [5.41, 5.74) is 5.13. The van der Waals surface area contributed by atoms with Crippen molar-refractivity contribution in [2.24, 2.45) is 0 Å². The maximum Gasteiger partial charge on any atom is 0.433 e. The number of aromatic nitrogens is 5. The molecule has 4 rings (SSSR count). The van der Waals surface area contributed by atoms with E-state index >= 15 is 0 Å².